The van der Waals surface area contributed by atoms with Crippen molar-refractivity contribution in [3.63, 3.8) is 0 Å². The van der Waals surface area contributed by atoms with Crippen molar-refractivity contribution in [1.29, 1.82) is 0 Å². The second-order valence-corrected chi connectivity index (χ2v) is 3.64. The van der Waals surface area contributed by atoms with Crippen molar-refractivity contribution in [1.82, 2.24) is 15.2 Å². The molecule has 86 valence electrons. The van der Waals surface area contributed by atoms with Crippen molar-refractivity contribution in [2.24, 2.45) is 12.9 Å². The molecule has 0 saturated carbocycles. The van der Waals surface area contributed by atoms with Gasteiger partial charge in [-0.05, 0) is 13.3 Å². The van der Waals surface area contributed by atoms with Crippen LogP contribution in [0.5, 0.6) is 0 Å². The van der Waals surface area contributed by atoms with Gasteiger partial charge in [-0.2, -0.15) is 5.10 Å². The van der Waals surface area contributed by atoms with E-state index < -0.39 is 0 Å². The van der Waals surface area contributed by atoms with Crippen LogP contribution in [0, 0.1) is 6.92 Å². The van der Waals surface area contributed by atoms with Crippen molar-refractivity contribution in [3.8, 4) is 0 Å². The van der Waals surface area contributed by atoms with Gasteiger partial charge in [-0.25, -0.2) is 0 Å². The molecule has 0 aliphatic carbocycles. The number of aryl methyl sites for hydroxylation is 2. The van der Waals surface area contributed by atoms with Crippen LogP contribution in [0.15, 0.2) is 6.20 Å². The number of hydrogen-bond acceptors (Lipinski definition) is 4. The molecule has 5 nitrogen and oxygen atoms in total. The second-order valence-electron chi connectivity index (χ2n) is 3.64. The van der Waals surface area contributed by atoms with Crippen LogP contribution >= 0.6 is 0 Å². The molecule has 3 N–H and O–H groups in total. The van der Waals surface area contributed by atoms with E-state index in [0.29, 0.717) is 6.61 Å². The van der Waals surface area contributed by atoms with E-state index in [9.17, 15) is 0 Å². The molecule has 0 spiro atoms. The first-order valence-electron chi connectivity index (χ1n) is 5.23. The maximum absolute atomic E-state index is 5.50. The van der Waals surface area contributed by atoms with Gasteiger partial charge in [0.05, 0.1) is 18.3 Å². The molecule has 0 aliphatic rings. The molecule has 0 fully saturated rings. The Balaban J connectivity index is 2.61. The monoisotopic (exact) mass is 212 g/mol. The number of nitrogens with one attached hydrogen (secondary N) is 1. The lowest BCUT2D eigenvalue weighted by atomic mass is 10.1. The largest absolute Gasteiger partial charge is 0.379 e. The average molecular weight is 212 g/mol. The Hall–Kier alpha value is -0.910. The SMILES string of the molecule is CCCOCC(NN)c1cn(C)nc1C. The molecule has 1 rings (SSSR count). The van der Waals surface area contributed by atoms with Crippen LogP contribution in [0.4, 0.5) is 0 Å². The maximum atomic E-state index is 5.50. The molecule has 0 radical (unpaired) electrons. The Morgan fingerprint density at radius 1 is 1.67 bits per heavy atom. The predicted octanol–water partition coefficient (Wildman–Crippen LogP) is 0.660. The van der Waals surface area contributed by atoms with Gasteiger partial charge in [0.15, 0.2) is 0 Å². The van der Waals surface area contributed by atoms with E-state index in [2.05, 4.69) is 17.4 Å². The maximum Gasteiger partial charge on any atom is 0.0727 e. The molecule has 1 aromatic heterocycles. The quantitative estimate of drug-likeness (QED) is 0.413. The summed E-state index contributed by atoms with van der Waals surface area (Å²) in [6.07, 6.45) is 2.98. The minimum Gasteiger partial charge on any atom is -0.379 e. The lowest BCUT2D eigenvalue weighted by Gasteiger charge is -2.15. The lowest BCUT2D eigenvalue weighted by molar-refractivity contribution is 0.112. The highest BCUT2D eigenvalue weighted by molar-refractivity contribution is 5.19. The van der Waals surface area contributed by atoms with Gasteiger partial charge in [0.1, 0.15) is 0 Å². The fourth-order valence-corrected chi connectivity index (χ4v) is 1.53. The third-order valence-electron chi connectivity index (χ3n) is 2.26. The van der Waals surface area contributed by atoms with Gasteiger partial charge in [0.2, 0.25) is 0 Å². The normalized spacial score (nSPS) is 13.1. The molecule has 0 aromatic carbocycles. The molecular weight excluding hydrogens is 192 g/mol. The van der Waals surface area contributed by atoms with Gasteiger partial charge < -0.3 is 4.74 Å². The Bertz CT molecular complexity index is 298. The molecule has 1 unspecified atom stereocenters. The fraction of sp³-hybridized carbons (Fsp3) is 0.700. The highest BCUT2D eigenvalue weighted by atomic mass is 16.5. The number of ether oxygens (including phenoxy) is 1. The van der Waals surface area contributed by atoms with E-state index in [0.717, 1.165) is 24.3 Å². The van der Waals surface area contributed by atoms with Crippen molar-refractivity contribution in [2.75, 3.05) is 13.2 Å². The summed E-state index contributed by atoms with van der Waals surface area (Å²) >= 11 is 0. The van der Waals surface area contributed by atoms with E-state index in [-0.39, 0.29) is 6.04 Å². The van der Waals surface area contributed by atoms with Crippen LogP contribution in [-0.4, -0.2) is 23.0 Å². The van der Waals surface area contributed by atoms with Gasteiger partial charge in [-0.3, -0.25) is 16.0 Å². The van der Waals surface area contributed by atoms with Crippen LogP contribution in [0.25, 0.3) is 0 Å². The van der Waals surface area contributed by atoms with Gasteiger partial charge in [0, 0.05) is 25.4 Å². The van der Waals surface area contributed by atoms with E-state index in [1.165, 1.54) is 0 Å². The molecule has 0 saturated heterocycles. The van der Waals surface area contributed by atoms with Gasteiger partial charge in [-0.15, -0.1) is 0 Å². The van der Waals surface area contributed by atoms with E-state index in [1.807, 2.05) is 20.2 Å². The summed E-state index contributed by atoms with van der Waals surface area (Å²) in [6, 6.07) is 0.0187. The minimum absolute atomic E-state index is 0.0187. The molecule has 0 bridgehead atoms. The van der Waals surface area contributed by atoms with Crippen LogP contribution in [-0.2, 0) is 11.8 Å². The first-order valence-corrected chi connectivity index (χ1v) is 5.23. The molecule has 1 heterocycles. The lowest BCUT2D eigenvalue weighted by Crippen LogP contribution is -2.31. The first-order chi connectivity index (χ1) is 7.19. The zero-order valence-electron chi connectivity index (χ0n) is 9.66. The zero-order chi connectivity index (χ0) is 11.3. The van der Waals surface area contributed by atoms with E-state index in [1.54, 1.807) is 4.68 Å². The second kappa shape index (κ2) is 5.85. The Morgan fingerprint density at radius 2 is 2.40 bits per heavy atom. The molecule has 0 amide bonds. The van der Waals surface area contributed by atoms with Crippen LogP contribution in [0.3, 0.4) is 0 Å². The smallest absolute Gasteiger partial charge is 0.0727 e. The summed E-state index contributed by atoms with van der Waals surface area (Å²) in [5.74, 6) is 5.50. The average Bonchev–Trinajstić information content (AvgIpc) is 2.53. The standard InChI is InChI=1S/C10H20N4O/c1-4-5-15-7-10(12-11)9-6-14(3)13-8(9)2/h6,10,12H,4-5,7,11H2,1-3H3. The molecule has 1 atom stereocenters. The number of rotatable bonds is 6. The number of nitrogens with zero attached hydrogens (tertiary/aromatic N) is 2. The van der Waals surface area contributed by atoms with Crippen LogP contribution in [0.2, 0.25) is 0 Å². The predicted molar refractivity (Wildman–Crippen MR) is 59.1 cm³/mol. The summed E-state index contributed by atoms with van der Waals surface area (Å²) in [5.41, 5.74) is 4.83. The van der Waals surface area contributed by atoms with E-state index in [4.69, 9.17) is 10.6 Å². The van der Waals surface area contributed by atoms with Crippen molar-refractivity contribution >= 4 is 0 Å². The fourth-order valence-electron chi connectivity index (χ4n) is 1.53. The molecule has 0 aliphatic heterocycles. The number of nitrogens with two attached hydrogens (primary N) is 1. The van der Waals surface area contributed by atoms with Gasteiger partial charge in [-0.1, -0.05) is 6.92 Å². The van der Waals surface area contributed by atoms with Crippen molar-refractivity contribution in [3.05, 3.63) is 17.5 Å². The highest BCUT2D eigenvalue weighted by Gasteiger charge is 2.14. The topological polar surface area (TPSA) is 65.1 Å². The van der Waals surface area contributed by atoms with Gasteiger partial charge >= 0.3 is 0 Å². The summed E-state index contributed by atoms with van der Waals surface area (Å²) in [7, 11) is 1.90. The Labute approximate surface area is 90.6 Å². The summed E-state index contributed by atoms with van der Waals surface area (Å²) in [4.78, 5) is 0. The summed E-state index contributed by atoms with van der Waals surface area (Å²) < 4.78 is 7.26. The molecule has 15 heavy (non-hydrogen) atoms. The minimum atomic E-state index is 0.0187. The van der Waals surface area contributed by atoms with Gasteiger partial charge in [0.25, 0.3) is 0 Å². The zero-order valence-corrected chi connectivity index (χ0v) is 9.66. The van der Waals surface area contributed by atoms with Crippen molar-refractivity contribution < 1.29 is 4.74 Å². The van der Waals surface area contributed by atoms with E-state index >= 15 is 0 Å². The first kappa shape index (κ1) is 12.2. The van der Waals surface area contributed by atoms with Crippen molar-refractivity contribution in [2.45, 2.75) is 26.3 Å². The Morgan fingerprint density at radius 3 is 2.87 bits per heavy atom. The number of hydrazine groups is 1. The molecule has 5 heteroatoms. The number of aromatic nitrogens is 2. The third kappa shape index (κ3) is 3.30. The number of hydrogen-bond donors (Lipinski definition) is 2. The summed E-state index contributed by atoms with van der Waals surface area (Å²) in [5, 5.41) is 4.27. The molecular formula is C10H20N4O. The van der Waals surface area contributed by atoms with Crippen LogP contribution < -0.4 is 11.3 Å². The Kier molecular flexibility index (Phi) is 4.74. The molecule has 1 aromatic rings. The highest BCUT2D eigenvalue weighted by Crippen LogP contribution is 2.15. The third-order valence-corrected chi connectivity index (χ3v) is 2.26. The summed E-state index contributed by atoms with van der Waals surface area (Å²) in [6.45, 7) is 5.40. The van der Waals surface area contributed by atoms with Crippen LogP contribution in [0.1, 0.15) is 30.6 Å².